The molecule has 0 radical (unpaired) electrons. The average Bonchev–Trinajstić information content (AvgIpc) is 2.90. The third-order valence-corrected chi connectivity index (χ3v) is 4.14. The highest BCUT2D eigenvalue weighted by Crippen LogP contribution is 2.31. The molecule has 2 N–H and O–H groups in total. The van der Waals surface area contributed by atoms with Crippen molar-refractivity contribution < 1.29 is 9.84 Å². The molecular formula is C17H17N3O2S. The lowest BCUT2D eigenvalue weighted by Crippen LogP contribution is -1.92. The molecule has 0 aliphatic heterocycles. The van der Waals surface area contributed by atoms with Crippen molar-refractivity contribution in [1.29, 1.82) is 0 Å². The second-order valence-electron chi connectivity index (χ2n) is 4.86. The Morgan fingerprint density at radius 1 is 1.17 bits per heavy atom. The van der Waals surface area contributed by atoms with Crippen LogP contribution in [0.25, 0.3) is 0 Å². The van der Waals surface area contributed by atoms with Gasteiger partial charge in [-0.3, -0.25) is 0 Å². The van der Waals surface area contributed by atoms with E-state index in [1.807, 2.05) is 49.4 Å². The Labute approximate surface area is 138 Å². The average molecular weight is 327 g/mol. The van der Waals surface area contributed by atoms with Gasteiger partial charge in [0.25, 0.3) is 0 Å². The van der Waals surface area contributed by atoms with Crippen LogP contribution in [0.3, 0.4) is 0 Å². The number of aromatic hydroxyl groups is 1. The molecule has 0 aliphatic carbocycles. The van der Waals surface area contributed by atoms with Crippen molar-refractivity contribution in [3.8, 4) is 11.6 Å². The number of pyridine rings is 1. The minimum atomic E-state index is 0.0577. The molecule has 0 bridgehead atoms. The molecule has 0 spiro atoms. The number of hydrogen-bond acceptors (Lipinski definition) is 6. The number of aromatic nitrogens is 2. The van der Waals surface area contributed by atoms with Crippen molar-refractivity contribution in [2.75, 3.05) is 11.9 Å². The SMILES string of the molecule is CCOc1ccc(Cc2sc(Nc3ccccn3)nc2O)cc1. The lowest BCUT2D eigenvalue weighted by molar-refractivity contribution is 0.340. The fraction of sp³-hybridized carbons (Fsp3) is 0.176. The summed E-state index contributed by atoms with van der Waals surface area (Å²) in [7, 11) is 0. The highest BCUT2D eigenvalue weighted by atomic mass is 32.1. The van der Waals surface area contributed by atoms with E-state index in [9.17, 15) is 5.11 Å². The van der Waals surface area contributed by atoms with Gasteiger partial charge in [0, 0.05) is 12.6 Å². The van der Waals surface area contributed by atoms with Crippen LogP contribution in [-0.2, 0) is 6.42 Å². The Hall–Kier alpha value is -2.60. The lowest BCUT2D eigenvalue weighted by Gasteiger charge is -2.04. The molecule has 0 unspecified atom stereocenters. The Morgan fingerprint density at radius 2 is 2.00 bits per heavy atom. The number of ether oxygens (including phenoxy) is 1. The molecule has 6 heteroatoms. The summed E-state index contributed by atoms with van der Waals surface area (Å²) in [5, 5.41) is 13.7. The van der Waals surface area contributed by atoms with Crippen LogP contribution in [0.4, 0.5) is 10.9 Å². The van der Waals surface area contributed by atoms with Crippen LogP contribution in [0.1, 0.15) is 17.4 Å². The molecule has 0 saturated heterocycles. The number of rotatable bonds is 6. The quantitative estimate of drug-likeness (QED) is 0.717. The van der Waals surface area contributed by atoms with E-state index in [-0.39, 0.29) is 5.88 Å². The molecule has 2 aromatic heterocycles. The van der Waals surface area contributed by atoms with Gasteiger partial charge < -0.3 is 15.2 Å². The molecule has 0 saturated carbocycles. The predicted octanol–water partition coefficient (Wildman–Crippen LogP) is 3.98. The van der Waals surface area contributed by atoms with Gasteiger partial charge in [-0.05, 0) is 36.8 Å². The van der Waals surface area contributed by atoms with Crippen LogP contribution in [-0.4, -0.2) is 21.7 Å². The Kier molecular flexibility index (Phi) is 4.73. The Bertz CT molecular complexity index is 757. The molecule has 0 atom stereocenters. The first kappa shape index (κ1) is 15.3. The van der Waals surface area contributed by atoms with Crippen LogP contribution < -0.4 is 10.1 Å². The number of nitrogens with zero attached hydrogens (tertiary/aromatic N) is 2. The first-order chi connectivity index (χ1) is 11.2. The molecular weight excluding hydrogens is 310 g/mol. The maximum absolute atomic E-state index is 10.0. The summed E-state index contributed by atoms with van der Waals surface area (Å²) in [6.45, 7) is 2.61. The molecule has 0 amide bonds. The molecule has 3 aromatic rings. The summed E-state index contributed by atoms with van der Waals surface area (Å²) in [5.41, 5.74) is 1.09. The van der Waals surface area contributed by atoms with Crippen molar-refractivity contribution in [3.63, 3.8) is 0 Å². The molecule has 118 valence electrons. The highest BCUT2D eigenvalue weighted by molar-refractivity contribution is 7.16. The third kappa shape index (κ3) is 3.98. The van der Waals surface area contributed by atoms with E-state index in [0.717, 1.165) is 16.2 Å². The number of benzene rings is 1. The second-order valence-corrected chi connectivity index (χ2v) is 5.94. The molecule has 5 nitrogen and oxygen atoms in total. The van der Waals surface area contributed by atoms with E-state index in [4.69, 9.17) is 4.74 Å². The van der Waals surface area contributed by atoms with Crippen molar-refractivity contribution in [3.05, 3.63) is 59.1 Å². The summed E-state index contributed by atoms with van der Waals surface area (Å²) in [5.74, 6) is 1.61. The number of thiazole rings is 1. The smallest absolute Gasteiger partial charge is 0.227 e. The van der Waals surface area contributed by atoms with Gasteiger partial charge in [-0.1, -0.05) is 29.5 Å². The minimum absolute atomic E-state index is 0.0577. The topological polar surface area (TPSA) is 67.3 Å². The van der Waals surface area contributed by atoms with Gasteiger partial charge in [-0.2, -0.15) is 4.98 Å². The van der Waals surface area contributed by atoms with E-state index < -0.39 is 0 Å². The monoisotopic (exact) mass is 327 g/mol. The largest absolute Gasteiger partial charge is 0.494 e. The zero-order chi connectivity index (χ0) is 16.1. The predicted molar refractivity (Wildman–Crippen MR) is 91.7 cm³/mol. The summed E-state index contributed by atoms with van der Waals surface area (Å²) >= 11 is 1.42. The van der Waals surface area contributed by atoms with Crippen molar-refractivity contribution in [1.82, 2.24) is 9.97 Å². The Balaban J connectivity index is 1.71. The second kappa shape index (κ2) is 7.11. The Morgan fingerprint density at radius 3 is 2.70 bits per heavy atom. The molecule has 1 aromatic carbocycles. The van der Waals surface area contributed by atoms with Gasteiger partial charge in [-0.15, -0.1) is 0 Å². The molecule has 23 heavy (non-hydrogen) atoms. The van der Waals surface area contributed by atoms with Gasteiger partial charge in [0.1, 0.15) is 11.6 Å². The van der Waals surface area contributed by atoms with Crippen molar-refractivity contribution in [2.24, 2.45) is 0 Å². The van der Waals surface area contributed by atoms with E-state index >= 15 is 0 Å². The van der Waals surface area contributed by atoms with Crippen molar-refractivity contribution >= 4 is 22.3 Å². The molecule has 2 heterocycles. The van der Waals surface area contributed by atoms with Gasteiger partial charge in [-0.25, -0.2) is 4.98 Å². The van der Waals surface area contributed by atoms with Gasteiger partial charge in [0.05, 0.1) is 11.5 Å². The maximum Gasteiger partial charge on any atom is 0.227 e. The first-order valence-corrected chi connectivity index (χ1v) is 8.14. The fourth-order valence-corrected chi connectivity index (χ4v) is 3.01. The third-order valence-electron chi connectivity index (χ3n) is 3.18. The van der Waals surface area contributed by atoms with E-state index in [0.29, 0.717) is 24.0 Å². The normalized spacial score (nSPS) is 10.5. The zero-order valence-electron chi connectivity index (χ0n) is 12.7. The summed E-state index contributed by atoms with van der Waals surface area (Å²) in [4.78, 5) is 9.14. The van der Waals surface area contributed by atoms with E-state index in [1.165, 1.54) is 11.3 Å². The van der Waals surface area contributed by atoms with Gasteiger partial charge >= 0.3 is 0 Å². The van der Waals surface area contributed by atoms with Crippen LogP contribution in [0.5, 0.6) is 11.6 Å². The van der Waals surface area contributed by atoms with Crippen LogP contribution in [0.15, 0.2) is 48.7 Å². The van der Waals surface area contributed by atoms with Gasteiger partial charge in [0.15, 0.2) is 5.13 Å². The molecule has 0 fully saturated rings. The summed E-state index contributed by atoms with van der Waals surface area (Å²) in [6.07, 6.45) is 2.33. The van der Waals surface area contributed by atoms with Crippen LogP contribution in [0.2, 0.25) is 0 Å². The maximum atomic E-state index is 10.0. The van der Waals surface area contributed by atoms with E-state index in [1.54, 1.807) is 6.20 Å². The van der Waals surface area contributed by atoms with Crippen molar-refractivity contribution in [2.45, 2.75) is 13.3 Å². The minimum Gasteiger partial charge on any atom is -0.494 e. The zero-order valence-corrected chi connectivity index (χ0v) is 13.5. The number of hydrogen-bond donors (Lipinski definition) is 2. The van der Waals surface area contributed by atoms with E-state index in [2.05, 4.69) is 15.3 Å². The number of nitrogens with one attached hydrogen (secondary N) is 1. The fourth-order valence-electron chi connectivity index (χ4n) is 2.11. The molecule has 0 aliphatic rings. The van der Waals surface area contributed by atoms with Crippen LogP contribution in [0, 0.1) is 0 Å². The van der Waals surface area contributed by atoms with Crippen LogP contribution >= 0.6 is 11.3 Å². The highest BCUT2D eigenvalue weighted by Gasteiger charge is 2.11. The number of anilines is 2. The van der Waals surface area contributed by atoms with Gasteiger partial charge in [0.2, 0.25) is 5.88 Å². The summed E-state index contributed by atoms with van der Waals surface area (Å²) in [6, 6.07) is 13.5. The summed E-state index contributed by atoms with van der Waals surface area (Å²) < 4.78 is 5.43. The first-order valence-electron chi connectivity index (χ1n) is 7.33. The lowest BCUT2D eigenvalue weighted by atomic mass is 10.1. The molecule has 3 rings (SSSR count). The standard InChI is InChI=1S/C17H17N3O2S/c1-2-22-13-8-6-12(7-9-13)11-14-16(21)20-17(23-14)19-15-5-3-4-10-18-15/h3-10,21H,2,11H2,1H3,(H,18,19,20).